The fourth-order valence-corrected chi connectivity index (χ4v) is 1.79. The van der Waals surface area contributed by atoms with Crippen LogP contribution in [0.4, 0.5) is 0 Å². The van der Waals surface area contributed by atoms with Crippen LogP contribution in [0.5, 0.6) is 5.75 Å². The summed E-state index contributed by atoms with van der Waals surface area (Å²) in [6.07, 6.45) is 1.34. The van der Waals surface area contributed by atoms with Crippen LogP contribution < -0.4 is 5.43 Å². The molecule has 0 saturated heterocycles. The van der Waals surface area contributed by atoms with Gasteiger partial charge in [0.15, 0.2) is 4.67 Å². The normalized spacial score (nSPS) is 10.8. The van der Waals surface area contributed by atoms with Crippen molar-refractivity contribution in [2.75, 3.05) is 0 Å². The summed E-state index contributed by atoms with van der Waals surface area (Å²) in [5, 5.41) is 13.6. The van der Waals surface area contributed by atoms with Gasteiger partial charge in [-0.3, -0.25) is 4.79 Å². The summed E-state index contributed by atoms with van der Waals surface area (Å²) in [5.41, 5.74) is 2.31. The zero-order valence-electron chi connectivity index (χ0n) is 9.43. The molecule has 5 nitrogen and oxygen atoms in total. The van der Waals surface area contributed by atoms with Crippen LogP contribution in [0.1, 0.15) is 16.1 Å². The van der Waals surface area contributed by atoms with E-state index < -0.39 is 5.91 Å². The van der Waals surface area contributed by atoms with Gasteiger partial charge in [-0.15, -0.1) is 0 Å². The van der Waals surface area contributed by atoms with E-state index in [2.05, 4.69) is 26.5 Å². The van der Waals surface area contributed by atoms with E-state index in [9.17, 15) is 9.90 Å². The van der Waals surface area contributed by atoms with Crippen LogP contribution in [0.2, 0.25) is 5.02 Å². The summed E-state index contributed by atoms with van der Waals surface area (Å²) in [4.78, 5) is 11.7. The Morgan fingerprint density at radius 1 is 1.42 bits per heavy atom. The van der Waals surface area contributed by atoms with E-state index in [4.69, 9.17) is 16.0 Å². The van der Waals surface area contributed by atoms with Gasteiger partial charge in [-0.1, -0.05) is 11.6 Å². The van der Waals surface area contributed by atoms with Gasteiger partial charge >= 0.3 is 0 Å². The summed E-state index contributed by atoms with van der Waals surface area (Å²) >= 11 is 8.89. The fraction of sp³-hybridized carbons (Fsp3) is 0. The summed E-state index contributed by atoms with van der Waals surface area (Å²) in [7, 11) is 0. The molecule has 0 fully saturated rings. The molecule has 2 rings (SSSR count). The number of furan rings is 1. The Balaban J connectivity index is 2.05. The number of nitrogens with one attached hydrogen (secondary N) is 1. The van der Waals surface area contributed by atoms with Gasteiger partial charge in [0.25, 0.3) is 5.91 Å². The molecule has 98 valence electrons. The maximum absolute atomic E-state index is 11.7. The van der Waals surface area contributed by atoms with Gasteiger partial charge in [0.1, 0.15) is 11.5 Å². The molecular weight excluding hydrogens is 336 g/mol. The number of phenols is 1. The first kappa shape index (κ1) is 13.6. The largest absolute Gasteiger partial charge is 0.507 e. The Hall–Kier alpha value is -1.79. The van der Waals surface area contributed by atoms with Gasteiger partial charge in [-0.25, -0.2) is 5.43 Å². The van der Waals surface area contributed by atoms with Crippen LogP contribution in [-0.4, -0.2) is 17.2 Å². The fourth-order valence-electron chi connectivity index (χ4n) is 1.30. The molecule has 0 bridgehead atoms. The van der Waals surface area contributed by atoms with Crippen molar-refractivity contribution in [3.8, 4) is 5.75 Å². The van der Waals surface area contributed by atoms with Crippen LogP contribution in [-0.2, 0) is 0 Å². The van der Waals surface area contributed by atoms with E-state index in [0.717, 1.165) is 0 Å². The molecule has 0 saturated carbocycles. The van der Waals surface area contributed by atoms with E-state index in [1.807, 2.05) is 0 Å². The quantitative estimate of drug-likeness (QED) is 0.664. The molecule has 1 aromatic heterocycles. The van der Waals surface area contributed by atoms with Crippen molar-refractivity contribution in [2.45, 2.75) is 0 Å². The number of hydrogen-bond acceptors (Lipinski definition) is 4. The lowest BCUT2D eigenvalue weighted by Crippen LogP contribution is -2.17. The van der Waals surface area contributed by atoms with E-state index in [1.54, 1.807) is 12.1 Å². The Morgan fingerprint density at radius 3 is 2.89 bits per heavy atom. The smallest absolute Gasteiger partial charge is 0.275 e. The Labute approximate surface area is 122 Å². The molecule has 2 aromatic rings. The maximum Gasteiger partial charge on any atom is 0.275 e. The second kappa shape index (κ2) is 5.90. The van der Waals surface area contributed by atoms with Gasteiger partial charge in [-0.05, 0) is 46.3 Å². The average molecular weight is 344 g/mol. The summed E-state index contributed by atoms with van der Waals surface area (Å²) in [6.45, 7) is 0. The van der Waals surface area contributed by atoms with Gasteiger partial charge < -0.3 is 9.52 Å². The lowest BCUT2D eigenvalue weighted by molar-refractivity contribution is 0.0952. The van der Waals surface area contributed by atoms with Crippen molar-refractivity contribution in [3.05, 3.63) is 51.3 Å². The zero-order valence-corrected chi connectivity index (χ0v) is 11.8. The number of nitrogens with zero attached hydrogens (tertiary/aromatic N) is 1. The van der Waals surface area contributed by atoms with Crippen LogP contribution >= 0.6 is 27.5 Å². The van der Waals surface area contributed by atoms with E-state index >= 15 is 0 Å². The molecule has 1 heterocycles. The van der Waals surface area contributed by atoms with Crippen LogP contribution in [0.3, 0.4) is 0 Å². The minimum absolute atomic E-state index is 0.0466. The minimum atomic E-state index is -0.568. The molecular formula is C12H8BrClN2O3. The maximum atomic E-state index is 11.7. The number of carbonyl (C=O) groups is 1. The number of benzene rings is 1. The highest BCUT2D eigenvalue weighted by atomic mass is 79.9. The Morgan fingerprint density at radius 2 is 2.21 bits per heavy atom. The lowest BCUT2D eigenvalue weighted by atomic mass is 10.2. The molecule has 7 heteroatoms. The van der Waals surface area contributed by atoms with Crippen molar-refractivity contribution in [1.29, 1.82) is 0 Å². The van der Waals surface area contributed by atoms with Crippen LogP contribution in [0.25, 0.3) is 0 Å². The second-order valence-electron chi connectivity index (χ2n) is 3.50. The number of halogens is 2. The minimum Gasteiger partial charge on any atom is -0.507 e. The number of carbonyl (C=O) groups excluding carboxylic acids is 1. The topological polar surface area (TPSA) is 74.8 Å². The molecule has 19 heavy (non-hydrogen) atoms. The Bertz CT molecular complexity index is 640. The predicted molar refractivity (Wildman–Crippen MR) is 74.6 cm³/mol. The zero-order chi connectivity index (χ0) is 13.8. The molecule has 2 N–H and O–H groups in total. The molecule has 0 atom stereocenters. The molecule has 0 radical (unpaired) electrons. The highest BCUT2D eigenvalue weighted by Gasteiger charge is 2.10. The number of hydrazone groups is 1. The van der Waals surface area contributed by atoms with Crippen molar-refractivity contribution in [3.63, 3.8) is 0 Å². The second-order valence-corrected chi connectivity index (χ2v) is 4.72. The first-order valence-electron chi connectivity index (χ1n) is 5.13. The molecule has 1 amide bonds. The van der Waals surface area contributed by atoms with Gasteiger partial charge in [-0.2, -0.15) is 5.10 Å². The van der Waals surface area contributed by atoms with E-state index in [0.29, 0.717) is 15.5 Å². The number of phenolic OH excluding ortho intramolecular Hbond substituents is 1. The third kappa shape index (κ3) is 3.59. The van der Waals surface area contributed by atoms with Gasteiger partial charge in [0, 0.05) is 5.02 Å². The number of hydrogen-bond donors (Lipinski definition) is 2. The molecule has 0 aliphatic carbocycles. The van der Waals surface area contributed by atoms with Crippen LogP contribution in [0.15, 0.2) is 44.5 Å². The predicted octanol–water partition coefficient (Wildman–Crippen LogP) is 3.17. The first-order chi connectivity index (χ1) is 9.06. The van der Waals surface area contributed by atoms with E-state index in [1.165, 1.54) is 24.4 Å². The summed E-state index contributed by atoms with van der Waals surface area (Å²) in [5.74, 6) is -0.262. The van der Waals surface area contributed by atoms with E-state index in [-0.39, 0.29) is 11.3 Å². The number of aromatic hydroxyl groups is 1. The first-order valence-corrected chi connectivity index (χ1v) is 6.30. The highest BCUT2D eigenvalue weighted by Crippen LogP contribution is 2.21. The molecule has 0 aliphatic rings. The number of amides is 1. The molecule has 0 aliphatic heterocycles. The molecule has 0 unspecified atom stereocenters. The van der Waals surface area contributed by atoms with Crippen molar-refractivity contribution in [1.82, 2.24) is 5.43 Å². The third-order valence-corrected chi connectivity index (χ3v) is 2.82. The average Bonchev–Trinajstić information content (AvgIpc) is 2.78. The summed E-state index contributed by atoms with van der Waals surface area (Å²) in [6, 6.07) is 7.55. The molecule has 0 spiro atoms. The summed E-state index contributed by atoms with van der Waals surface area (Å²) < 4.78 is 5.72. The number of rotatable bonds is 3. The lowest BCUT2D eigenvalue weighted by Gasteiger charge is -2.02. The van der Waals surface area contributed by atoms with Gasteiger partial charge in [0.05, 0.1) is 11.8 Å². The van der Waals surface area contributed by atoms with Crippen LogP contribution in [0, 0.1) is 0 Å². The molecule has 1 aromatic carbocycles. The van der Waals surface area contributed by atoms with Gasteiger partial charge in [0.2, 0.25) is 0 Å². The van der Waals surface area contributed by atoms with Crippen molar-refractivity contribution >= 4 is 39.7 Å². The van der Waals surface area contributed by atoms with Crippen molar-refractivity contribution in [2.24, 2.45) is 5.10 Å². The SMILES string of the molecule is O=C(N/N=C/c1ccc(Br)o1)c1cc(Cl)ccc1O. The Kier molecular flexibility index (Phi) is 4.24. The monoisotopic (exact) mass is 342 g/mol. The highest BCUT2D eigenvalue weighted by molar-refractivity contribution is 9.10. The third-order valence-electron chi connectivity index (χ3n) is 2.16. The van der Waals surface area contributed by atoms with Crippen molar-refractivity contribution < 1.29 is 14.3 Å². The standard InChI is InChI=1S/C12H8BrClN2O3/c13-11-4-2-8(19-11)6-15-16-12(18)9-5-7(14)1-3-10(9)17/h1-6,17H,(H,16,18)/b15-6+.